The molecule has 0 spiro atoms. The quantitative estimate of drug-likeness (QED) is 0.613. The lowest BCUT2D eigenvalue weighted by Gasteiger charge is -2.27. The van der Waals surface area contributed by atoms with Crippen LogP contribution in [0, 0.1) is 0 Å². The summed E-state index contributed by atoms with van der Waals surface area (Å²) in [5.41, 5.74) is 0. The minimum Gasteiger partial charge on any atom is -0.480 e. The van der Waals surface area contributed by atoms with Crippen molar-refractivity contribution in [1.29, 1.82) is 0 Å². The standard InChI is InChI=1S/C14H15BrN2O4/c15-11-6-5-10-14(16-11)17(12(18)8-20-10)7-13(19)21-9-3-1-2-4-9/h5-6,9H,1-4,7-8H2. The van der Waals surface area contributed by atoms with E-state index >= 15 is 0 Å². The van der Waals surface area contributed by atoms with Gasteiger partial charge < -0.3 is 9.47 Å². The molecule has 6 nitrogen and oxygen atoms in total. The first-order valence-electron chi connectivity index (χ1n) is 6.92. The Kier molecular flexibility index (Phi) is 4.10. The first-order chi connectivity index (χ1) is 10.1. The van der Waals surface area contributed by atoms with E-state index in [0.717, 1.165) is 25.7 Å². The molecule has 0 unspecified atom stereocenters. The van der Waals surface area contributed by atoms with Gasteiger partial charge in [0.15, 0.2) is 18.2 Å². The van der Waals surface area contributed by atoms with Gasteiger partial charge in [0, 0.05) is 0 Å². The maximum atomic E-state index is 12.0. The minimum absolute atomic E-state index is 0.0106. The van der Waals surface area contributed by atoms with Crippen LogP contribution >= 0.6 is 15.9 Å². The molecule has 7 heteroatoms. The molecule has 2 heterocycles. The molecule has 112 valence electrons. The van der Waals surface area contributed by atoms with E-state index < -0.39 is 5.97 Å². The van der Waals surface area contributed by atoms with Crippen molar-refractivity contribution in [2.75, 3.05) is 18.1 Å². The SMILES string of the molecule is O=C(CN1C(=O)COc2ccc(Br)nc21)OC1CCCC1. The number of nitrogens with zero attached hydrogens (tertiary/aromatic N) is 2. The molecule has 0 radical (unpaired) electrons. The van der Waals surface area contributed by atoms with Gasteiger partial charge in [-0.3, -0.25) is 14.5 Å². The van der Waals surface area contributed by atoms with Crippen LogP contribution in [0.3, 0.4) is 0 Å². The van der Waals surface area contributed by atoms with Crippen molar-refractivity contribution in [3.63, 3.8) is 0 Å². The van der Waals surface area contributed by atoms with Crippen LogP contribution in [0.15, 0.2) is 16.7 Å². The maximum Gasteiger partial charge on any atom is 0.326 e. The van der Waals surface area contributed by atoms with Crippen LogP contribution in [-0.4, -0.2) is 36.1 Å². The van der Waals surface area contributed by atoms with Crippen LogP contribution in [0.2, 0.25) is 0 Å². The Morgan fingerprint density at radius 3 is 2.95 bits per heavy atom. The minimum atomic E-state index is -0.398. The lowest BCUT2D eigenvalue weighted by molar-refractivity contribution is -0.148. The van der Waals surface area contributed by atoms with E-state index in [2.05, 4.69) is 20.9 Å². The first kappa shape index (κ1) is 14.3. The summed E-state index contributed by atoms with van der Waals surface area (Å²) < 4.78 is 11.3. The van der Waals surface area contributed by atoms with Gasteiger partial charge in [0.05, 0.1) is 0 Å². The molecule has 1 aliphatic heterocycles. The summed E-state index contributed by atoms with van der Waals surface area (Å²) >= 11 is 3.25. The van der Waals surface area contributed by atoms with Crippen LogP contribution in [0.1, 0.15) is 25.7 Å². The Hall–Kier alpha value is -1.63. The fourth-order valence-electron chi connectivity index (χ4n) is 2.58. The van der Waals surface area contributed by atoms with Gasteiger partial charge in [-0.1, -0.05) is 0 Å². The second kappa shape index (κ2) is 6.01. The Morgan fingerprint density at radius 2 is 2.19 bits per heavy atom. The molecule has 1 fully saturated rings. The number of hydrogen-bond donors (Lipinski definition) is 0. The number of hydrogen-bond acceptors (Lipinski definition) is 5. The summed E-state index contributed by atoms with van der Waals surface area (Å²) in [6.45, 7) is -0.220. The third kappa shape index (κ3) is 3.18. The molecule has 1 amide bonds. The smallest absolute Gasteiger partial charge is 0.326 e. The van der Waals surface area contributed by atoms with Gasteiger partial charge in [-0.05, 0) is 53.7 Å². The summed E-state index contributed by atoms with van der Waals surface area (Å²) in [5, 5.41) is 0. The lowest BCUT2D eigenvalue weighted by atomic mass is 10.3. The molecule has 0 atom stereocenters. The number of carbonyl (C=O) groups excluding carboxylic acids is 2. The number of aromatic nitrogens is 1. The van der Waals surface area contributed by atoms with Gasteiger partial charge in [0.2, 0.25) is 0 Å². The summed E-state index contributed by atoms with van der Waals surface area (Å²) in [7, 11) is 0. The van der Waals surface area contributed by atoms with E-state index in [0.29, 0.717) is 16.2 Å². The van der Waals surface area contributed by atoms with Crippen LogP contribution in [0.4, 0.5) is 5.82 Å². The van der Waals surface area contributed by atoms with Crippen LogP contribution in [0.5, 0.6) is 5.75 Å². The number of anilines is 1. The fourth-order valence-corrected chi connectivity index (χ4v) is 2.88. The van der Waals surface area contributed by atoms with E-state index in [1.807, 2.05) is 0 Å². The summed E-state index contributed by atoms with van der Waals surface area (Å²) in [6, 6.07) is 3.44. The largest absolute Gasteiger partial charge is 0.480 e. The van der Waals surface area contributed by atoms with Gasteiger partial charge >= 0.3 is 5.97 Å². The normalized spacial score (nSPS) is 18.3. The molecule has 0 aromatic carbocycles. The van der Waals surface area contributed by atoms with E-state index in [1.165, 1.54) is 4.90 Å². The number of rotatable bonds is 3. The topological polar surface area (TPSA) is 68.7 Å². The van der Waals surface area contributed by atoms with Crippen molar-refractivity contribution in [3.8, 4) is 5.75 Å². The van der Waals surface area contributed by atoms with E-state index in [-0.39, 0.29) is 25.2 Å². The highest BCUT2D eigenvalue weighted by Crippen LogP contribution is 2.31. The number of fused-ring (bicyclic) bond motifs is 1. The number of halogens is 1. The second-order valence-corrected chi connectivity index (χ2v) is 5.93. The Morgan fingerprint density at radius 1 is 1.43 bits per heavy atom. The molecule has 3 rings (SSSR count). The van der Waals surface area contributed by atoms with E-state index in [1.54, 1.807) is 12.1 Å². The highest BCUT2D eigenvalue weighted by molar-refractivity contribution is 9.10. The van der Waals surface area contributed by atoms with Gasteiger partial charge in [0.25, 0.3) is 5.91 Å². The van der Waals surface area contributed by atoms with Crippen molar-refractivity contribution < 1.29 is 19.1 Å². The Bertz CT molecular complexity index is 572. The zero-order valence-electron chi connectivity index (χ0n) is 11.4. The zero-order valence-corrected chi connectivity index (χ0v) is 13.0. The summed E-state index contributed by atoms with van der Waals surface area (Å²) in [5.74, 6) is 0.150. The molecule has 0 bridgehead atoms. The maximum absolute atomic E-state index is 12.0. The van der Waals surface area contributed by atoms with Gasteiger partial charge in [0.1, 0.15) is 17.3 Å². The van der Waals surface area contributed by atoms with Gasteiger partial charge in [-0.2, -0.15) is 0 Å². The number of esters is 1. The molecule has 0 N–H and O–H groups in total. The van der Waals surface area contributed by atoms with Crippen molar-refractivity contribution in [2.45, 2.75) is 31.8 Å². The molecular weight excluding hydrogens is 340 g/mol. The van der Waals surface area contributed by atoms with Crippen molar-refractivity contribution in [3.05, 3.63) is 16.7 Å². The Balaban J connectivity index is 1.73. The monoisotopic (exact) mass is 354 g/mol. The molecule has 1 aromatic heterocycles. The molecule has 1 saturated carbocycles. The lowest BCUT2D eigenvalue weighted by Crippen LogP contribution is -2.43. The average Bonchev–Trinajstić information content (AvgIpc) is 2.95. The molecule has 1 aromatic rings. The molecule has 1 aliphatic carbocycles. The predicted molar refractivity (Wildman–Crippen MR) is 78.1 cm³/mol. The molecular formula is C14H15BrN2O4. The fraction of sp³-hybridized carbons (Fsp3) is 0.500. The van der Waals surface area contributed by atoms with Crippen LogP contribution in [0.25, 0.3) is 0 Å². The van der Waals surface area contributed by atoms with Crippen molar-refractivity contribution in [2.24, 2.45) is 0 Å². The average molecular weight is 355 g/mol. The third-order valence-electron chi connectivity index (χ3n) is 3.60. The van der Waals surface area contributed by atoms with Crippen LogP contribution in [-0.2, 0) is 14.3 Å². The number of carbonyl (C=O) groups is 2. The molecule has 21 heavy (non-hydrogen) atoms. The number of pyridine rings is 1. The van der Waals surface area contributed by atoms with Crippen LogP contribution < -0.4 is 9.64 Å². The zero-order chi connectivity index (χ0) is 14.8. The van der Waals surface area contributed by atoms with Gasteiger partial charge in [-0.25, -0.2) is 4.98 Å². The highest BCUT2D eigenvalue weighted by atomic mass is 79.9. The Labute approximate surface area is 130 Å². The summed E-state index contributed by atoms with van der Waals surface area (Å²) in [6.07, 6.45) is 3.98. The van der Waals surface area contributed by atoms with Crippen molar-refractivity contribution >= 4 is 33.6 Å². The van der Waals surface area contributed by atoms with Crippen molar-refractivity contribution in [1.82, 2.24) is 4.98 Å². The van der Waals surface area contributed by atoms with E-state index in [9.17, 15) is 9.59 Å². The third-order valence-corrected chi connectivity index (χ3v) is 4.04. The highest BCUT2D eigenvalue weighted by Gasteiger charge is 2.30. The van der Waals surface area contributed by atoms with Gasteiger partial charge in [-0.15, -0.1) is 0 Å². The first-order valence-corrected chi connectivity index (χ1v) is 7.72. The molecule has 2 aliphatic rings. The molecule has 0 saturated heterocycles. The second-order valence-electron chi connectivity index (χ2n) is 5.12. The number of amides is 1. The van der Waals surface area contributed by atoms with E-state index in [4.69, 9.17) is 9.47 Å². The summed E-state index contributed by atoms with van der Waals surface area (Å²) in [4.78, 5) is 29.5. The predicted octanol–water partition coefficient (Wildman–Crippen LogP) is 2.06. The number of ether oxygens (including phenoxy) is 2.